The van der Waals surface area contributed by atoms with Gasteiger partial charge in [0.2, 0.25) is 11.8 Å². The summed E-state index contributed by atoms with van der Waals surface area (Å²) in [6, 6.07) is 5.59. The lowest BCUT2D eigenvalue weighted by molar-refractivity contribution is -0.133. The monoisotopic (exact) mass is 371 g/mol. The number of pyridine rings is 1. The molecule has 2 aliphatic rings. The third kappa shape index (κ3) is 4.51. The molecule has 2 fully saturated rings. The van der Waals surface area contributed by atoms with E-state index >= 15 is 0 Å². The Morgan fingerprint density at radius 3 is 2.89 bits per heavy atom. The first kappa shape index (κ1) is 18.1. The molecule has 1 atom stereocenters. The Bertz CT molecular complexity index is 745. The zero-order chi connectivity index (χ0) is 18.5. The summed E-state index contributed by atoms with van der Waals surface area (Å²) in [5.74, 6) is 1.33. The summed E-state index contributed by atoms with van der Waals surface area (Å²) in [7, 11) is 0. The van der Waals surface area contributed by atoms with E-state index in [1.807, 2.05) is 23.1 Å². The minimum absolute atomic E-state index is 0.0936. The smallest absolute Gasteiger partial charge is 0.266 e. The lowest BCUT2D eigenvalue weighted by Gasteiger charge is -2.32. The van der Waals surface area contributed by atoms with Gasteiger partial charge in [-0.1, -0.05) is 6.07 Å². The van der Waals surface area contributed by atoms with Gasteiger partial charge in [0.05, 0.1) is 19.1 Å². The number of likely N-dealkylation sites (tertiary alicyclic amines) is 1. The summed E-state index contributed by atoms with van der Waals surface area (Å²) in [5.41, 5.74) is 0.672. The maximum absolute atomic E-state index is 12.6. The third-order valence-electron chi connectivity index (χ3n) is 5.19. The Balaban J connectivity index is 1.34. The average Bonchev–Trinajstić information content (AvgIpc) is 3.24. The molecule has 4 rings (SSSR count). The van der Waals surface area contributed by atoms with Crippen molar-refractivity contribution in [2.45, 2.75) is 25.2 Å². The largest absolute Gasteiger partial charge is 0.419 e. The highest BCUT2D eigenvalue weighted by Crippen LogP contribution is 2.28. The minimum Gasteiger partial charge on any atom is -0.419 e. The number of nitrogens with zero attached hydrogens (tertiary/aromatic N) is 5. The van der Waals surface area contributed by atoms with Crippen LogP contribution >= 0.6 is 0 Å². The Hall–Kier alpha value is -2.32. The van der Waals surface area contributed by atoms with Gasteiger partial charge in [0.25, 0.3) is 5.89 Å². The summed E-state index contributed by atoms with van der Waals surface area (Å²) in [6.07, 6.45) is 4.16. The maximum Gasteiger partial charge on any atom is 0.266 e. The molecule has 8 heteroatoms. The Labute approximate surface area is 158 Å². The average molecular weight is 371 g/mol. The van der Waals surface area contributed by atoms with Crippen molar-refractivity contribution in [3.05, 3.63) is 30.3 Å². The highest BCUT2D eigenvalue weighted by Gasteiger charge is 2.28. The second kappa shape index (κ2) is 8.58. The normalized spacial score (nSPS) is 21.3. The molecule has 0 saturated carbocycles. The SMILES string of the molecule is O=C(CCN1CCOCC1)N1CCC[C@H](c2nnc(-c3ccccn3)o2)C1. The summed E-state index contributed by atoms with van der Waals surface area (Å²) in [6.45, 7) is 5.59. The van der Waals surface area contributed by atoms with Crippen LogP contribution in [0, 0.1) is 0 Å². The van der Waals surface area contributed by atoms with Crippen LogP contribution in [-0.2, 0) is 9.53 Å². The Morgan fingerprint density at radius 2 is 2.07 bits per heavy atom. The van der Waals surface area contributed by atoms with Crippen molar-refractivity contribution in [1.29, 1.82) is 0 Å². The molecule has 144 valence electrons. The van der Waals surface area contributed by atoms with E-state index in [1.165, 1.54) is 0 Å². The number of carbonyl (C=O) groups excluding carboxylic acids is 1. The predicted molar refractivity (Wildman–Crippen MR) is 98.0 cm³/mol. The third-order valence-corrected chi connectivity index (χ3v) is 5.19. The number of amides is 1. The van der Waals surface area contributed by atoms with E-state index in [0.717, 1.165) is 52.2 Å². The van der Waals surface area contributed by atoms with E-state index in [-0.39, 0.29) is 11.8 Å². The Morgan fingerprint density at radius 1 is 1.19 bits per heavy atom. The number of piperidine rings is 1. The summed E-state index contributed by atoms with van der Waals surface area (Å²) < 4.78 is 11.2. The number of aromatic nitrogens is 3. The van der Waals surface area contributed by atoms with Crippen molar-refractivity contribution in [2.24, 2.45) is 0 Å². The van der Waals surface area contributed by atoms with Gasteiger partial charge < -0.3 is 14.1 Å². The van der Waals surface area contributed by atoms with E-state index in [1.54, 1.807) is 6.20 Å². The van der Waals surface area contributed by atoms with Crippen molar-refractivity contribution in [3.63, 3.8) is 0 Å². The molecular weight excluding hydrogens is 346 g/mol. The predicted octanol–water partition coefficient (Wildman–Crippen LogP) is 1.56. The number of hydrogen-bond acceptors (Lipinski definition) is 7. The van der Waals surface area contributed by atoms with Crippen LogP contribution in [0.4, 0.5) is 0 Å². The van der Waals surface area contributed by atoms with Gasteiger partial charge in [0, 0.05) is 45.3 Å². The first-order chi connectivity index (χ1) is 13.3. The summed E-state index contributed by atoms with van der Waals surface area (Å²) in [5, 5.41) is 8.34. The topological polar surface area (TPSA) is 84.6 Å². The van der Waals surface area contributed by atoms with Gasteiger partial charge in [-0.05, 0) is 25.0 Å². The fourth-order valence-electron chi connectivity index (χ4n) is 3.63. The molecule has 1 amide bonds. The summed E-state index contributed by atoms with van der Waals surface area (Å²) in [4.78, 5) is 21.1. The zero-order valence-corrected chi connectivity index (χ0v) is 15.4. The molecule has 4 heterocycles. The summed E-state index contributed by atoms with van der Waals surface area (Å²) >= 11 is 0. The number of ether oxygens (including phenoxy) is 1. The number of morpholine rings is 1. The molecule has 0 radical (unpaired) electrons. The van der Waals surface area contributed by atoms with Crippen LogP contribution in [-0.4, -0.2) is 76.8 Å². The van der Waals surface area contributed by atoms with Gasteiger partial charge in [-0.2, -0.15) is 0 Å². The van der Waals surface area contributed by atoms with Crippen LogP contribution in [0.5, 0.6) is 0 Å². The molecule has 0 N–H and O–H groups in total. The van der Waals surface area contributed by atoms with Crippen molar-refractivity contribution >= 4 is 5.91 Å². The van der Waals surface area contributed by atoms with E-state index < -0.39 is 0 Å². The lowest BCUT2D eigenvalue weighted by atomic mass is 9.98. The molecule has 2 aromatic heterocycles. The van der Waals surface area contributed by atoms with Crippen LogP contribution in [0.3, 0.4) is 0 Å². The number of rotatable bonds is 5. The molecule has 0 aromatic carbocycles. The van der Waals surface area contributed by atoms with Crippen LogP contribution in [0.1, 0.15) is 31.1 Å². The zero-order valence-electron chi connectivity index (χ0n) is 15.4. The standard InChI is InChI=1S/C19H25N5O3/c25-17(6-9-23-10-12-26-13-11-23)24-8-3-4-15(14-24)18-21-22-19(27-18)16-5-1-2-7-20-16/h1-2,5,7,15H,3-4,6,8-14H2/t15-/m0/s1. The highest BCUT2D eigenvalue weighted by atomic mass is 16.5. The molecule has 8 nitrogen and oxygen atoms in total. The fourth-order valence-corrected chi connectivity index (χ4v) is 3.63. The van der Waals surface area contributed by atoms with Crippen molar-refractivity contribution in [1.82, 2.24) is 25.0 Å². The minimum atomic E-state index is 0.0936. The van der Waals surface area contributed by atoms with Gasteiger partial charge in [0.15, 0.2) is 0 Å². The molecule has 0 spiro atoms. The first-order valence-electron chi connectivity index (χ1n) is 9.62. The number of hydrogen-bond donors (Lipinski definition) is 0. The first-order valence-corrected chi connectivity index (χ1v) is 9.62. The van der Waals surface area contributed by atoms with Crippen LogP contribution in [0.15, 0.2) is 28.8 Å². The quantitative estimate of drug-likeness (QED) is 0.788. The molecule has 0 aliphatic carbocycles. The van der Waals surface area contributed by atoms with Gasteiger partial charge in [0.1, 0.15) is 5.69 Å². The van der Waals surface area contributed by atoms with E-state index in [9.17, 15) is 4.79 Å². The second-order valence-electron chi connectivity index (χ2n) is 7.04. The highest BCUT2D eigenvalue weighted by molar-refractivity contribution is 5.76. The van der Waals surface area contributed by atoms with E-state index in [4.69, 9.17) is 9.15 Å². The fraction of sp³-hybridized carbons (Fsp3) is 0.579. The van der Waals surface area contributed by atoms with Crippen LogP contribution in [0.2, 0.25) is 0 Å². The molecular formula is C19H25N5O3. The van der Waals surface area contributed by atoms with E-state index in [2.05, 4.69) is 20.1 Å². The van der Waals surface area contributed by atoms with Crippen LogP contribution < -0.4 is 0 Å². The van der Waals surface area contributed by atoms with Crippen molar-refractivity contribution in [3.8, 4) is 11.6 Å². The lowest BCUT2D eigenvalue weighted by Crippen LogP contribution is -2.42. The number of carbonyl (C=O) groups is 1. The maximum atomic E-state index is 12.6. The second-order valence-corrected chi connectivity index (χ2v) is 7.04. The Kier molecular flexibility index (Phi) is 5.74. The molecule has 0 unspecified atom stereocenters. The van der Waals surface area contributed by atoms with Gasteiger partial charge >= 0.3 is 0 Å². The molecule has 27 heavy (non-hydrogen) atoms. The van der Waals surface area contributed by atoms with Crippen molar-refractivity contribution < 1.29 is 13.9 Å². The van der Waals surface area contributed by atoms with Gasteiger partial charge in [-0.15, -0.1) is 10.2 Å². The molecule has 2 aromatic rings. The molecule has 2 saturated heterocycles. The van der Waals surface area contributed by atoms with Gasteiger partial charge in [-0.3, -0.25) is 14.7 Å². The van der Waals surface area contributed by atoms with E-state index in [0.29, 0.717) is 30.4 Å². The molecule has 2 aliphatic heterocycles. The van der Waals surface area contributed by atoms with Crippen molar-refractivity contribution in [2.75, 3.05) is 45.9 Å². The van der Waals surface area contributed by atoms with Crippen LogP contribution in [0.25, 0.3) is 11.6 Å². The molecule has 0 bridgehead atoms. The van der Waals surface area contributed by atoms with Gasteiger partial charge in [-0.25, -0.2) is 0 Å².